The fraction of sp³-hybridized carbons (Fsp3) is 0.500. The van der Waals surface area contributed by atoms with E-state index in [0.29, 0.717) is 10.7 Å². The van der Waals surface area contributed by atoms with Gasteiger partial charge in [-0.2, -0.15) is 0 Å². The number of pyridine rings is 1. The average molecular weight is 257 g/mol. The van der Waals surface area contributed by atoms with Gasteiger partial charge >= 0.3 is 6.09 Å². The lowest BCUT2D eigenvalue weighted by molar-refractivity contribution is 0.0507. The Morgan fingerprint density at radius 2 is 2.18 bits per heavy atom. The number of alkyl carbamates (subject to hydrolysis) is 1. The Hall–Kier alpha value is -1.29. The Kier molecular flexibility index (Phi) is 4.34. The van der Waals surface area contributed by atoms with Gasteiger partial charge in [0.15, 0.2) is 0 Å². The van der Waals surface area contributed by atoms with Crippen LogP contribution in [0.5, 0.6) is 0 Å². The standard InChI is InChI=1S/C12H17ClN2O2/c1-8(10-9(13)6-5-7-14-10)15-11(16)17-12(2,3)4/h5-8H,1-4H3,(H,15,16). The highest BCUT2D eigenvalue weighted by atomic mass is 35.5. The molecule has 1 unspecified atom stereocenters. The van der Waals surface area contributed by atoms with Crippen LogP contribution < -0.4 is 5.32 Å². The molecule has 0 radical (unpaired) electrons. The topological polar surface area (TPSA) is 51.2 Å². The van der Waals surface area contributed by atoms with E-state index in [1.165, 1.54) is 0 Å². The molecule has 0 saturated carbocycles. The highest BCUT2D eigenvalue weighted by Gasteiger charge is 2.19. The zero-order valence-electron chi connectivity index (χ0n) is 10.5. The van der Waals surface area contributed by atoms with Crippen molar-refractivity contribution in [3.8, 4) is 0 Å². The molecule has 0 aliphatic rings. The van der Waals surface area contributed by atoms with Crippen LogP contribution in [0.2, 0.25) is 5.02 Å². The predicted octanol–water partition coefficient (Wildman–Crippen LogP) is 3.32. The van der Waals surface area contributed by atoms with Crippen molar-refractivity contribution in [2.45, 2.75) is 39.3 Å². The third-order valence-electron chi connectivity index (χ3n) is 1.93. The SMILES string of the molecule is CC(NC(=O)OC(C)(C)C)c1ncccc1Cl. The Bertz CT molecular complexity index is 402. The van der Waals surface area contributed by atoms with Gasteiger partial charge in [0.25, 0.3) is 0 Å². The molecule has 94 valence electrons. The number of nitrogens with one attached hydrogen (secondary N) is 1. The highest BCUT2D eigenvalue weighted by molar-refractivity contribution is 6.31. The number of carbonyl (C=O) groups excluding carboxylic acids is 1. The van der Waals surface area contributed by atoms with Crippen LogP contribution in [0, 0.1) is 0 Å². The summed E-state index contributed by atoms with van der Waals surface area (Å²) in [4.78, 5) is 15.7. The molecule has 1 N–H and O–H groups in total. The van der Waals surface area contributed by atoms with E-state index in [1.807, 2.05) is 20.8 Å². The van der Waals surface area contributed by atoms with E-state index in [9.17, 15) is 4.79 Å². The first kappa shape index (κ1) is 13.8. The van der Waals surface area contributed by atoms with Gasteiger partial charge < -0.3 is 10.1 Å². The van der Waals surface area contributed by atoms with Gasteiger partial charge in [-0.15, -0.1) is 0 Å². The molecule has 0 aliphatic heterocycles. The van der Waals surface area contributed by atoms with Gasteiger partial charge in [-0.3, -0.25) is 4.98 Å². The van der Waals surface area contributed by atoms with Crippen molar-refractivity contribution in [2.75, 3.05) is 0 Å². The van der Waals surface area contributed by atoms with E-state index in [4.69, 9.17) is 16.3 Å². The molecule has 17 heavy (non-hydrogen) atoms. The van der Waals surface area contributed by atoms with E-state index in [1.54, 1.807) is 25.3 Å². The fourth-order valence-corrected chi connectivity index (χ4v) is 1.55. The summed E-state index contributed by atoms with van der Waals surface area (Å²) in [5, 5.41) is 3.21. The number of amides is 1. The van der Waals surface area contributed by atoms with Crippen molar-refractivity contribution in [1.29, 1.82) is 0 Å². The monoisotopic (exact) mass is 256 g/mol. The lowest BCUT2D eigenvalue weighted by atomic mass is 10.2. The quantitative estimate of drug-likeness (QED) is 0.883. The summed E-state index contributed by atoms with van der Waals surface area (Å²) in [6.45, 7) is 7.24. The summed E-state index contributed by atoms with van der Waals surface area (Å²) in [6.07, 6.45) is 1.15. The van der Waals surface area contributed by atoms with Crippen LogP contribution in [0.4, 0.5) is 4.79 Å². The second kappa shape index (κ2) is 5.36. The molecule has 4 nitrogen and oxygen atoms in total. The molecule has 1 heterocycles. The van der Waals surface area contributed by atoms with Crippen molar-refractivity contribution < 1.29 is 9.53 Å². The van der Waals surface area contributed by atoms with Gasteiger partial charge in [-0.1, -0.05) is 11.6 Å². The summed E-state index contributed by atoms with van der Waals surface area (Å²) in [6, 6.07) is 3.18. The number of carbonyl (C=O) groups is 1. The first-order valence-electron chi connectivity index (χ1n) is 5.39. The lowest BCUT2D eigenvalue weighted by Gasteiger charge is -2.22. The first-order valence-corrected chi connectivity index (χ1v) is 5.77. The van der Waals surface area contributed by atoms with Crippen LogP contribution >= 0.6 is 11.6 Å². The van der Waals surface area contributed by atoms with E-state index >= 15 is 0 Å². The molecule has 1 amide bonds. The number of hydrogen-bond donors (Lipinski definition) is 1. The molecule has 1 aromatic rings. The van der Waals surface area contributed by atoms with Crippen LogP contribution in [-0.4, -0.2) is 16.7 Å². The Balaban J connectivity index is 2.64. The largest absolute Gasteiger partial charge is 0.444 e. The van der Waals surface area contributed by atoms with Gasteiger partial charge in [0.2, 0.25) is 0 Å². The second-order valence-electron chi connectivity index (χ2n) is 4.74. The summed E-state index contributed by atoms with van der Waals surface area (Å²) in [5.41, 5.74) is 0.109. The maximum Gasteiger partial charge on any atom is 0.408 e. The van der Waals surface area contributed by atoms with Crippen molar-refractivity contribution in [3.05, 3.63) is 29.0 Å². The van der Waals surface area contributed by atoms with Gasteiger partial charge in [-0.25, -0.2) is 4.79 Å². The van der Waals surface area contributed by atoms with Crippen molar-refractivity contribution in [1.82, 2.24) is 10.3 Å². The maximum atomic E-state index is 11.5. The minimum atomic E-state index is -0.516. The van der Waals surface area contributed by atoms with E-state index < -0.39 is 11.7 Å². The fourth-order valence-electron chi connectivity index (χ4n) is 1.27. The normalized spacial score (nSPS) is 13.0. The van der Waals surface area contributed by atoms with Crippen molar-refractivity contribution in [2.24, 2.45) is 0 Å². The zero-order chi connectivity index (χ0) is 13.1. The Labute approximate surface area is 106 Å². The number of ether oxygens (including phenoxy) is 1. The molecule has 0 aromatic carbocycles. The molecular formula is C12H17ClN2O2. The number of rotatable bonds is 2. The third kappa shape index (κ3) is 4.61. The molecular weight excluding hydrogens is 240 g/mol. The summed E-state index contributed by atoms with van der Waals surface area (Å²) in [5.74, 6) is 0. The van der Waals surface area contributed by atoms with Gasteiger partial charge in [0, 0.05) is 6.20 Å². The smallest absolute Gasteiger partial charge is 0.408 e. The minimum absolute atomic E-state index is 0.293. The average Bonchev–Trinajstić information content (AvgIpc) is 2.14. The van der Waals surface area contributed by atoms with Gasteiger partial charge in [0.1, 0.15) is 5.60 Å². The van der Waals surface area contributed by atoms with E-state index in [0.717, 1.165) is 0 Å². The summed E-state index contributed by atoms with van der Waals surface area (Å²) >= 11 is 5.98. The van der Waals surface area contributed by atoms with Crippen molar-refractivity contribution >= 4 is 17.7 Å². The molecule has 1 aromatic heterocycles. The van der Waals surface area contributed by atoms with Crippen LogP contribution in [0.25, 0.3) is 0 Å². The van der Waals surface area contributed by atoms with Gasteiger partial charge in [0.05, 0.1) is 16.8 Å². The molecule has 5 heteroatoms. The molecule has 0 aliphatic carbocycles. The molecule has 0 spiro atoms. The Morgan fingerprint density at radius 1 is 1.53 bits per heavy atom. The van der Waals surface area contributed by atoms with Crippen LogP contribution in [0.3, 0.4) is 0 Å². The molecule has 1 atom stereocenters. The van der Waals surface area contributed by atoms with E-state index in [-0.39, 0.29) is 6.04 Å². The molecule has 1 rings (SSSR count). The number of nitrogens with zero attached hydrogens (tertiary/aromatic N) is 1. The number of hydrogen-bond acceptors (Lipinski definition) is 3. The summed E-state index contributed by atoms with van der Waals surface area (Å²) in [7, 11) is 0. The molecule has 0 bridgehead atoms. The highest BCUT2D eigenvalue weighted by Crippen LogP contribution is 2.20. The Morgan fingerprint density at radius 3 is 2.71 bits per heavy atom. The lowest BCUT2D eigenvalue weighted by Crippen LogP contribution is -2.34. The first-order chi connectivity index (χ1) is 7.79. The van der Waals surface area contributed by atoms with E-state index in [2.05, 4.69) is 10.3 Å². The predicted molar refractivity (Wildman–Crippen MR) is 67.0 cm³/mol. The van der Waals surface area contributed by atoms with Gasteiger partial charge in [-0.05, 0) is 39.8 Å². The molecule has 0 fully saturated rings. The van der Waals surface area contributed by atoms with Crippen LogP contribution in [-0.2, 0) is 4.74 Å². The minimum Gasteiger partial charge on any atom is -0.444 e. The third-order valence-corrected chi connectivity index (χ3v) is 2.25. The second-order valence-corrected chi connectivity index (χ2v) is 5.15. The zero-order valence-corrected chi connectivity index (χ0v) is 11.2. The summed E-state index contributed by atoms with van der Waals surface area (Å²) < 4.78 is 5.15. The number of aromatic nitrogens is 1. The number of halogens is 1. The van der Waals surface area contributed by atoms with Crippen molar-refractivity contribution in [3.63, 3.8) is 0 Å². The van der Waals surface area contributed by atoms with Crippen LogP contribution in [0.1, 0.15) is 39.4 Å². The maximum absolute atomic E-state index is 11.5. The molecule has 0 saturated heterocycles. The van der Waals surface area contributed by atoms with Crippen LogP contribution in [0.15, 0.2) is 18.3 Å².